The van der Waals surface area contributed by atoms with Gasteiger partial charge < -0.3 is 24.4 Å². The van der Waals surface area contributed by atoms with Gasteiger partial charge in [0.25, 0.3) is 0 Å². The summed E-state index contributed by atoms with van der Waals surface area (Å²) < 4.78 is 10.5. The van der Waals surface area contributed by atoms with Crippen molar-refractivity contribution in [3.8, 4) is 11.5 Å². The molecule has 1 unspecified atom stereocenters. The van der Waals surface area contributed by atoms with Crippen molar-refractivity contribution >= 4 is 23.5 Å². The Kier molecular flexibility index (Phi) is 5.01. The molecule has 2 aliphatic heterocycles. The van der Waals surface area contributed by atoms with Crippen molar-refractivity contribution < 1.29 is 29.0 Å². The summed E-state index contributed by atoms with van der Waals surface area (Å²) in [4.78, 5) is 39.5. The van der Waals surface area contributed by atoms with E-state index in [2.05, 4.69) is 0 Å². The van der Waals surface area contributed by atoms with Crippen molar-refractivity contribution in [1.82, 2.24) is 4.90 Å². The number of carbonyl (C=O) groups excluding carboxylic acids is 2. The smallest absolute Gasteiger partial charge is 0.326 e. The topological polar surface area (TPSA) is 96.4 Å². The van der Waals surface area contributed by atoms with Crippen molar-refractivity contribution in [2.24, 2.45) is 5.92 Å². The zero-order valence-electron chi connectivity index (χ0n) is 14.8. The number of nitrogens with zero attached hydrogens (tertiary/aromatic N) is 2. The minimum Gasteiger partial charge on any atom is -0.497 e. The van der Waals surface area contributed by atoms with Gasteiger partial charge in [-0.1, -0.05) is 0 Å². The Labute approximate surface area is 151 Å². The zero-order valence-corrected chi connectivity index (χ0v) is 14.8. The normalized spacial score (nSPS) is 22.6. The molecular formula is C18H22N2O6. The van der Waals surface area contributed by atoms with Gasteiger partial charge in [-0.05, 0) is 12.8 Å². The van der Waals surface area contributed by atoms with Gasteiger partial charge in [-0.3, -0.25) is 9.59 Å². The van der Waals surface area contributed by atoms with Crippen LogP contribution in [-0.2, 0) is 14.4 Å². The van der Waals surface area contributed by atoms with Crippen LogP contribution < -0.4 is 14.4 Å². The molecule has 2 saturated heterocycles. The average Bonchev–Trinajstić information content (AvgIpc) is 3.27. The number of methoxy groups -OCH3 is 2. The van der Waals surface area contributed by atoms with Gasteiger partial charge in [0.05, 0.1) is 25.8 Å². The van der Waals surface area contributed by atoms with Crippen LogP contribution in [0.3, 0.4) is 0 Å². The first-order valence-electron chi connectivity index (χ1n) is 8.51. The number of amides is 2. The number of anilines is 1. The molecule has 8 nitrogen and oxygen atoms in total. The number of benzene rings is 1. The highest BCUT2D eigenvalue weighted by Crippen LogP contribution is 2.33. The molecule has 0 aromatic heterocycles. The summed E-state index contributed by atoms with van der Waals surface area (Å²) in [7, 11) is 3.05. The van der Waals surface area contributed by atoms with Crippen molar-refractivity contribution in [1.29, 1.82) is 0 Å². The quantitative estimate of drug-likeness (QED) is 0.844. The molecular weight excluding hydrogens is 340 g/mol. The lowest BCUT2D eigenvalue weighted by atomic mass is 10.1. The number of rotatable bonds is 5. The summed E-state index contributed by atoms with van der Waals surface area (Å²) in [5.41, 5.74) is 0.595. The molecule has 0 aliphatic carbocycles. The zero-order chi connectivity index (χ0) is 18.8. The average molecular weight is 362 g/mol. The molecule has 0 spiro atoms. The number of ether oxygens (including phenoxy) is 2. The second-order valence-electron chi connectivity index (χ2n) is 6.50. The van der Waals surface area contributed by atoms with Gasteiger partial charge in [-0.2, -0.15) is 0 Å². The predicted octanol–water partition coefficient (Wildman–Crippen LogP) is 1.13. The molecule has 1 aromatic carbocycles. The minimum absolute atomic E-state index is 0.0706. The van der Waals surface area contributed by atoms with Crippen LogP contribution >= 0.6 is 0 Å². The third kappa shape index (κ3) is 3.31. The van der Waals surface area contributed by atoms with Crippen LogP contribution in [0, 0.1) is 5.92 Å². The Morgan fingerprint density at radius 1 is 1.15 bits per heavy atom. The number of hydrogen-bond donors (Lipinski definition) is 1. The van der Waals surface area contributed by atoms with E-state index in [1.54, 1.807) is 18.2 Å². The Hall–Kier alpha value is -2.77. The second kappa shape index (κ2) is 7.23. The first-order valence-corrected chi connectivity index (χ1v) is 8.51. The largest absolute Gasteiger partial charge is 0.497 e. The van der Waals surface area contributed by atoms with Gasteiger partial charge in [-0.15, -0.1) is 0 Å². The van der Waals surface area contributed by atoms with E-state index in [4.69, 9.17) is 9.47 Å². The Morgan fingerprint density at radius 3 is 2.38 bits per heavy atom. The molecule has 0 saturated carbocycles. The SMILES string of the molecule is COc1cc(OC)cc(N2CC(C(=O)N3CCC[C@@H]3C(=O)O)CC2=O)c1. The third-order valence-corrected chi connectivity index (χ3v) is 4.94. The van der Waals surface area contributed by atoms with Crippen LogP contribution in [0.5, 0.6) is 11.5 Å². The number of carbonyl (C=O) groups is 3. The van der Waals surface area contributed by atoms with Crippen LogP contribution in [0.1, 0.15) is 19.3 Å². The van der Waals surface area contributed by atoms with E-state index in [-0.39, 0.29) is 24.8 Å². The monoisotopic (exact) mass is 362 g/mol. The molecule has 2 heterocycles. The van der Waals surface area contributed by atoms with Gasteiger partial charge in [0.1, 0.15) is 17.5 Å². The number of likely N-dealkylation sites (tertiary alicyclic amines) is 1. The molecule has 1 N–H and O–H groups in total. The molecule has 2 aliphatic rings. The highest BCUT2D eigenvalue weighted by Gasteiger charge is 2.42. The number of aliphatic carboxylic acids is 1. The third-order valence-electron chi connectivity index (χ3n) is 4.94. The highest BCUT2D eigenvalue weighted by atomic mass is 16.5. The van der Waals surface area contributed by atoms with Crippen molar-refractivity contribution in [2.45, 2.75) is 25.3 Å². The second-order valence-corrected chi connectivity index (χ2v) is 6.50. The van der Waals surface area contributed by atoms with E-state index >= 15 is 0 Å². The molecule has 2 atom stereocenters. The van der Waals surface area contributed by atoms with Crippen molar-refractivity contribution in [2.75, 3.05) is 32.2 Å². The minimum atomic E-state index is -0.991. The maximum Gasteiger partial charge on any atom is 0.326 e. The summed E-state index contributed by atoms with van der Waals surface area (Å²) in [6, 6.07) is 4.34. The summed E-state index contributed by atoms with van der Waals surface area (Å²) in [5, 5.41) is 9.27. The highest BCUT2D eigenvalue weighted by molar-refractivity contribution is 6.01. The van der Waals surface area contributed by atoms with Crippen molar-refractivity contribution in [3.63, 3.8) is 0 Å². The van der Waals surface area contributed by atoms with E-state index in [0.29, 0.717) is 36.6 Å². The summed E-state index contributed by atoms with van der Waals surface area (Å²) in [6.45, 7) is 0.643. The Morgan fingerprint density at radius 2 is 1.81 bits per heavy atom. The first kappa shape index (κ1) is 18.0. The first-order chi connectivity index (χ1) is 12.4. The van der Waals surface area contributed by atoms with Gasteiger partial charge in [-0.25, -0.2) is 4.79 Å². The molecule has 8 heteroatoms. The summed E-state index contributed by atoms with van der Waals surface area (Å²) >= 11 is 0. The Balaban J connectivity index is 1.78. The fourth-order valence-electron chi connectivity index (χ4n) is 3.59. The fraction of sp³-hybridized carbons (Fsp3) is 0.500. The number of carboxylic acid groups (broad SMARTS) is 1. The maximum atomic E-state index is 12.8. The lowest BCUT2D eigenvalue weighted by Crippen LogP contribution is -2.44. The van der Waals surface area contributed by atoms with Gasteiger partial charge in [0.2, 0.25) is 11.8 Å². The van der Waals surface area contributed by atoms with Crippen LogP contribution in [0.2, 0.25) is 0 Å². The molecule has 26 heavy (non-hydrogen) atoms. The van der Waals surface area contributed by atoms with E-state index in [0.717, 1.165) is 0 Å². The van der Waals surface area contributed by atoms with Crippen LogP contribution in [0.25, 0.3) is 0 Å². The standard InChI is InChI=1S/C18H22N2O6/c1-25-13-7-12(8-14(9-13)26-2)20-10-11(6-16(20)21)17(22)19-5-3-4-15(19)18(23)24/h7-9,11,15H,3-6,10H2,1-2H3,(H,23,24)/t11?,15-/m1/s1. The lowest BCUT2D eigenvalue weighted by molar-refractivity contribution is -0.149. The van der Waals surface area contributed by atoms with E-state index < -0.39 is 17.9 Å². The molecule has 3 rings (SSSR count). The molecule has 0 bridgehead atoms. The molecule has 140 valence electrons. The van der Waals surface area contributed by atoms with E-state index in [9.17, 15) is 19.5 Å². The van der Waals surface area contributed by atoms with E-state index in [1.807, 2.05) is 0 Å². The lowest BCUT2D eigenvalue weighted by Gasteiger charge is -2.24. The van der Waals surface area contributed by atoms with Crippen LogP contribution in [-0.4, -0.2) is 61.1 Å². The van der Waals surface area contributed by atoms with Gasteiger partial charge in [0.15, 0.2) is 0 Å². The summed E-state index contributed by atoms with van der Waals surface area (Å²) in [5.74, 6) is -0.876. The molecule has 0 radical (unpaired) electrons. The fourth-order valence-corrected chi connectivity index (χ4v) is 3.59. The molecule has 1 aromatic rings. The van der Waals surface area contributed by atoms with Crippen molar-refractivity contribution in [3.05, 3.63) is 18.2 Å². The summed E-state index contributed by atoms with van der Waals surface area (Å²) in [6.07, 6.45) is 1.19. The van der Waals surface area contributed by atoms with E-state index in [1.165, 1.54) is 24.0 Å². The number of carboxylic acids is 1. The Bertz CT molecular complexity index is 712. The van der Waals surface area contributed by atoms with Gasteiger partial charge in [0, 0.05) is 37.7 Å². The van der Waals surface area contributed by atoms with Crippen LogP contribution in [0.15, 0.2) is 18.2 Å². The number of hydrogen-bond acceptors (Lipinski definition) is 5. The maximum absolute atomic E-state index is 12.8. The van der Waals surface area contributed by atoms with Crippen LogP contribution in [0.4, 0.5) is 5.69 Å². The molecule has 2 amide bonds. The van der Waals surface area contributed by atoms with Gasteiger partial charge >= 0.3 is 5.97 Å². The predicted molar refractivity (Wildman–Crippen MR) is 92.4 cm³/mol. The molecule has 2 fully saturated rings.